The van der Waals surface area contributed by atoms with E-state index in [1.165, 1.54) is 18.1 Å². The number of hydrogen-bond acceptors (Lipinski definition) is 3. The van der Waals surface area contributed by atoms with Crippen LogP contribution in [-0.2, 0) is 16.1 Å². The monoisotopic (exact) mass is 274 g/mol. The van der Waals surface area contributed by atoms with Gasteiger partial charge in [-0.15, -0.1) is 0 Å². The predicted octanol–water partition coefficient (Wildman–Crippen LogP) is 2.76. The van der Waals surface area contributed by atoms with E-state index in [1.54, 1.807) is 0 Å². The summed E-state index contributed by atoms with van der Waals surface area (Å²) in [6.07, 6.45) is 0. The van der Waals surface area contributed by atoms with Gasteiger partial charge in [0, 0.05) is 23.1 Å². The molecule has 0 bridgehead atoms. The van der Waals surface area contributed by atoms with Gasteiger partial charge in [-0.25, -0.2) is 0 Å². The molecular formula is C16H22N2O2. The van der Waals surface area contributed by atoms with E-state index < -0.39 is 0 Å². The lowest BCUT2D eigenvalue weighted by molar-refractivity contribution is -0.144. The average Bonchev–Trinajstić information content (AvgIpc) is 2.74. The number of hydrogen-bond donors (Lipinski definition) is 2. The van der Waals surface area contributed by atoms with Gasteiger partial charge in [0.15, 0.2) is 0 Å². The number of ether oxygens (including phenoxy) is 1. The van der Waals surface area contributed by atoms with Crippen molar-refractivity contribution in [1.29, 1.82) is 0 Å². The Morgan fingerprint density at radius 2 is 2.05 bits per heavy atom. The van der Waals surface area contributed by atoms with Crippen LogP contribution in [0.5, 0.6) is 0 Å². The van der Waals surface area contributed by atoms with Crippen molar-refractivity contribution in [3.8, 4) is 0 Å². The summed E-state index contributed by atoms with van der Waals surface area (Å²) in [7, 11) is 1.43. The Morgan fingerprint density at radius 1 is 1.35 bits per heavy atom. The minimum Gasteiger partial charge on any atom is -0.468 e. The number of aromatic amines is 1. The van der Waals surface area contributed by atoms with Crippen LogP contribution in [0.3, 0.4) is 0 Å². The first-order valence-corrected chi connectivity index (χ1v) is 6.92. The molecule has 0 radical (unpaired) electrons. The Kier molecular flexibility index (Phi) is 4.45. The molecular weight excluding hydrogens is 252 g/mol. The largest absolute Gasteiger partial charge is 0.468 e. The molecule has 2 aromatic rings. The number of methoxy groups -OCH3 is 1. The topological polar surface area (TPSA) is 54.1 Å². The van der Waals surface area contributed by atoms with Gasteiger partial charge in [0.2, 0.25) is 0 Å². The van der Waals surface area contributed by atoms with Gasteiger partial charge in [-0.3, -0.25) is 10.1 Å². The fourth-order valence-corrected chi connectivity index (χ4v) is 2.49. The minimum absolute atomic E-state index is 0.188. The maximum atomic E-state index is 11.8. The zero-order valence-corrected chi connectivity index (χ0v) is 12.5. The Morgan fingerprint density at radius 3 is 2.70 bits per heavy atom. The van der Waals surface area contributed by atoms with Crippen molar-refractivity contribution < 1.29 is 9.53 Å². The molecule has 0 saturated carbocycles. The molecule has 0 aliphatic rings. The smallest absolute Gasteiger partial charge is 0.323 e. The number of carbonyl (C=O) groups excluding carboxylic acids is 1. The van der Waals surface area contributed by atoms with Gasteiger partial charge in [-0.1, -0.05) is 32.0 Å². The van der Waals surface area contributed by atoms with Crippen LogP contribution < -0.4 is 5.32 Å². The summed E-state index contributed by atoms with van der Waals surface area (Å²) < 4.78 is 4.85. The minimum atomic E-state index is -0.284. The highest BCUT2D eigenvalue weighted by molar-refractivity contribution is 5.84. The Hall–Kier alpha value is -1.81. The van der Waals surface area contributed by atoms with Crippen LogP contribution in [0.2, 0.25) is 0 Å². The van der Waals surface area contributed by atoms with Crippen molar-refractivity contribution in [2.75, 3.05) is 7.11 Å². The summed E-state index contributed by atoms with van der Waals surface area (Å²) in [4.78, 5) is 15.1. The highest BCUT2D eigenvalue weighted by Gasteiger charge is 2.22. The number of nitrogens with one attached hydrogen (secondary N) is 2. The number of carbonyl (C=O) groups is 1. The van der Waals surface area contributed by atoms with E-state index in [4.69, 9.17) is 4.74 Å². The van der Waals surface area contributed by atoms with Crippen LogP contribution in [0.15, 0.2) is 24.3 Å². The van der Waals surface area contributed by atoms with Gasteiger partial charge in [-0.05, 0) is 24.5 Å². The fraction of sp³-hybridized carbons (Fsp3) is 0.438. The van der Waals surface area contributed by atoms with Crippen LogP contribution in [-0.4, -0.2) is 24.1 Å². The van der Waals surface area contributed by atoms with Gasteiger partial charge in [0.1, 0.15) is 6.04 Å². The SMILES string of the molecule is COC(=O)C(NCc1c(C)[nH]c2ccccc12)C(C)C. The molecule has 2 rings (SSSR count). The maximum Gasteiger partial charge on any atom is 0.323 e. The standard InChI is InChI=1S/C16H22N2O2/c1-10(2)15(16(19)20-4)17-9-13-11(3)18-14-8-6-5-7-12(13)14/h5-8,10,15,17-18H,9H2,1-4H3. The van der Waals surface area contributed by atoms with Crippen LogP contribution in [0.1, 0.15) is 25.1 Å². The summed E-state index contributed by atoms with van der Waals surface area (Å²) in [6, 6.07) is 7.91. The quantitative estimate of drug-likeness (QED) is 0.824. The first-order chi connectivity index (χ1) is 9.54. The van der Waals surface area contributed by atoms with E-state index in [9.17, 15) is 4.79 Å². The van der Waals surface area contributed by atoms with Crippen LogP contribution in [0.4, 0.5) is 0 Å². The lowest BCUT2D eigenvalue weighted by atomic mass is 10.0. The number of H-pyrrole nitrogens is 1. The van der Waals surface area contributed by atoms with Crippen molar-refractivity contribution >= 4 is 16.9 Å². The van der Waals surface area contributed by atoms with Gasteiger partial charge >= 0.3 is 5.97 Å². The number of aromatic nitrogens is 1. The van der Waals surface area contributed by atoms with Crippen LogP contribution >= 0.6 is 0 Å². The molecule has 108 valence electrons. The van der Waals surface area contributed by atoms with Gasteiger partial charge in [0.25, 0.3) is 0 Å². The molecule has 0 fully saturated rings. The van der Waals surface area contributed by atoms with Crippen molar-refractivity contribution in [2.45, 2.75) is 33.4 Å². The van der Waals surface area contributed by atoms with Crippen LogP contribution in [0.25, 0.3) is 10.9 Å². The average molecular weight is 274 g/mol. The van der Waals surface area contributed by atoms with Crippen LogP contribution in [0, 0.1) is 12.8 Å². The molecule has 0 aliphatic carbocycles. The number of aryl methyl sites for hydroxylation is 1. The van der Waals surface area contributed by atoms with Gasteiger partial charge in [-0.2, -0.15) is 0 Å². The molecule has 2 N–H and O–H groups in total. The second kappa shape index (κ2) is 6.09. The molecule has 0 aliphatic heterocycles. The molecule has 4 heteroatoms. The van der Waals surface area contributed by atoms with E-state index in [-0.39, 0.29) is 17.9 Å². The highest BCUT2D eigenvalue weighted by atomic mass is 16.5. The molecule has 4 nitrogen and oxygen atoms in total. The zero-order chi connectivity index (χ0) is 14.7. The fourth-order valence-electron chi connectivity index (χ4n) is 2.49. The molecule has 1 aromatic carbocycles. The first kappa shape index (κ1) is 14.6. The molecule has 1 atom stereocenters. The lowest BCUT2D eigenvalue weighted by Gasteiger charge is -2.20. The molecule has 0 amide bonds. The second-order valence-corrected chi connectivity index (χ2v) is 5.40. The molecule has 1 aromatic heterocycles. The molecule has 1 heterocycles. The van der Waals surface area contributed by atoms with Crippen molar-refractivity contribution in [1.82, 2.24) is 10.3 Å². The number of para-hydroxylation sites is 1. The third kappa shape index (κ3) is 2.85. The highest BCUT2D eigenvalue weighted by Crippen LogP contribution is 2.22. The Balaban J connectivity index is 2.20. The van der Waals surface area contributed by atoms with E-state index in [2.05, 4.69) is 29.4 Å². The third-order valence-electron chi connectivity index (χ3n) is 3.65. The third-order valence-corrected chi connectivity index (χ3v) is 3.65. The lowest BCUT2D eigenvalue weighted by Crippen LogP contribution is -2.41. The summed E-state index contributed by atoms with van der Waals surface area (Å²) in [5, 5.41) is 4.51. The molecule has 0 spiro atoms. The zero-order valence-electron chi connectivity index (χ0n) is 12.5. The normalized spacial score (nSPS) is 12.8. The van der Waals surface area contributed by atoms with E-state index in [1.807, 2.05) is 26.0 Å². The number of fused-ring (bicyclic) bond motifs is 1. The van der Waals surface area contributed by atoms with Gasteiger partial charge < -0.3 is 9.72 Å². The van der Waals surface area contributed by atoms with E-state index >= 15 is 0 Å². The Labute approximate surface area is 119 Å². The molecule has 1 unspecified atom stereocenters. The number of rotatable bonds is 5. The van der Waals surface area contributed by atoms with E-state index in [0.717, 1.165) is 11.2 Å². The number of esters is 1. The van der Waals surface area contributed by atoms with Gasteiger partial charge in [0.05, 0.1) is 7.11 Å². The van der Waals surface area contributed by atoms with E-state index in [0.29, 0.717) is 6.54 Å². The van der Waals surface area contributed by atoms with Crippen molar-refractivity contribution in [3.63, 3.8) is 0 Å². The summed E-state index contributed by atoms with van der Waals surface area (Å²) in [5.74, 6) is -0.0227. The number of benzene rings is 1. The summed E-state index contributed by atoms with van der Waals surface area (Å²) in [5.41, 5.74) is 3.46. The first-order valence-electron chi connectivity index (χ1n) is 6.92. The van der Waals surface area contributed by atoms with Crippen molar-refractivity contribution in [3.05, 3.63) is 35.5 Å². The maximum absolute atomic E-state index is 11.8. The Bertz CT molecular complexity index is 602. The van der Waals surface area contributed by atoms with Crippen molar-refractivity contribution in [2.24, 2.45) is 5.92 Å². The second-order valence-electron chi connectivity index (χ2n) is 5.40. The molecule has 0 saturated heterocycles. The molecule has 20 heavy (non-hydrogen) atoms. The predicted molar refractivity (Wildman–Crippen MR) is 80.5 cm³/mol. The summed E-state index contributed by atoms with van der Waals surface area (Å²) >= 11 is 0. The summed E-state index contributed by atoms with van der Waals surface area (Å²) in [6.45, 7) is 6.72.